The second kappa shape index (κ2) is 5.37. The summed E-state index contributed by atoms with van der Waals surface area (Å²) in [5, 5.41) is 3.39. The Morgan fingerprint density at radius 2 is 2.38 bits per heavy atom. The Kier molecular flexibility index (Phi) is 4.14. The smallest absolute Gasteiger partial charge is 0.265 e. The highest BCUT2D eigenvalue weighted by Gasteiger charge is 2.16. The van der Waals surface area contributed by atoms with Gasteiger partial charge in [0.2, 0.25) is 0 Å². The number of carbonyl (C=O) groups is 1. The van der Waals surface area contributed by atoms with Crippen molar-refractivity contribution in [2.45, 2.75) is 6.42 Å². The highest BCUT2D eigenvalue weighted by atomic mass is 32.1. The van der Waals surface area contributed by atoms with Crippen LogP contribution < -0.4 is 16.0 Å². The van der Waals surface area contributed by atoms with Crippen molar-refractivity contribution >= 4 is 28.2 Å². The molecule has 0 fully saturated rings. The zero-order valence-corrected chi connectivity index (χ0v) is 10.1. The molecule has 1 aromatic heterocycles. The van der Waals surface area contributed by atoms with E-state index in [1.165, 1.54) is 11.3 Å². The van der Waals surface area contributed by atoms with Crippen LogP contribution in [0.2, 0.25) is 0 Å². The van der Waals surface area contributed by atoms with E-state index in [1.807, 2.05) is 14.1 Å². The van der Waals surface area contributed by atoms with Crippen molar-refractivity contribution in [2.24, 2.45) is 0 Å². The van der Waals surface area contributed by atoms with E-state index >= 15 is 0 Å². The minimum atomic E-state index is -0.224. The van der Waals surface area contributed by atoms with Gasteiger partial charge in [0.05, 0.1) is 0 Å². The molecular weight excluding hydrogens is 224 g/mol. The number of amides is 1. The van der Waals surface area contributed by atoms with Gasteiger partial charge in [-0.25, -0.2) is 4.98 Å². The molecule has 0 aliphatic heterocycles. The molecule has 0 atom stereocenters. The molecule has 0 aromatic carbocycles. The molecule has 1 aromatic rings. The van der Waals surface area contributed by atoms with Gasteiger partial charge in [0.25, 0.3) is 5.91 Å². The zero-order chi connectivity index (χ0) is 12.1. The van der Waals surface area contributed by atoms with Crippen molar-refractivity contribution in [3.8, 4) is 12.3 Å². The summed E-state index contributed by atoms with van der Waals surface area (Å²) in [6.07, 6.45) is 5.59. The Bertz CT molecular complexity index is 419. The van der Waals surface area contributed by atoms with Crippen molar-refractivity contribution < 1.29 is 4.79 Å². The number of nitrogens with two attached hydrogens (primary N) is 1. The van der Waals surface area contributed by atoms with E-state index in [0.717, 1.165) is 0 Å². The quantitative estimate of drug-likeness (QED) is 0.593. The topological polar surface area (TPSA) is 71.2 Å². The first-order chi connectivity index (χ1) is 7.56. The van der Waals surface area contributed by atoms with Gasteiger partial charge in [-0.3, -0.25) is 4.79 Å². The summed E-state index contributed by atoms with van der Waals surface area (Å²) in [5.41, 5.74) is 5.66. The predicted molar refractivity (Wildman–Crippen MR) is 66.6 cm³/mol. The molecule has 1 amide bonds. The van der Waals surface area contributed by atoms with Gasteiger partial charge in [-0.2, -0.15) is 0 Å². The van der Waals surface area contributed by atoms with E-state index in [4.69, 9.17) is 12.2 Å². The molecular formula is C10H14N4OS. The number of hydrogen-bond donors (Lipinski definition) is 2. The molecule has 86 valence electrons. The number of anilines is 2. The first-order valence-corrected chi connectivity index (χ1v) is 5.53. The number of nitrogens with zero attached hydrogens (tertiary/aromatic N) is 2. The maximum atomic E-state index is 11.7. The number of thiazole rings is 1. The summed E-state index contributed by atoms with van der Waals surface area (Å²) in [4.78, 5) is 18.0. The highest BCUT2D eigenvalue weighted by molar-refractivity contribution is 7.18. The molecule has 0 saturated carbocycles. The number of rotatable bonds is 4. The summed E-state index contributed by atoms with van der Waals surface area (Å²) in [7, 11) is 3.69. The lowest BCUT2D eigenvalue weighted by molar-refractivity contribution is 0.0959. The summed E-state index contributed by atoms with van der Waals surface area (Å²) in [5.74, 6) is 2.48. The summed E-state index contributed by atoms with van der Waals surface area (Å²) >= 11 is 1.26. The number of hydrogen-bond acceptors (Lipinski definition) is 5. The van der Waals surface area contributed by atoms with Crippen LogP contribution in [-0.4, -0.2) is 31.5 Å². The van der Waals surface area contributed by atoms with Gasteiger partial charge in [-0.15, -0.1) is 12.3 Å². The molecule has 1 rings (SSSR count). The van der Waals surface area contributed by atoms with E-state index in [1.54, 1.807) is 4.90 Å². The van der Waals surface area contributed by atoms with Crippen LogP contribution in [0.15, 0.2) is 0 Å². The van der Waals surface area contributed by atoms with Crippen molar-refractivity contribution in [2.75, 3.05) is 31.3 Å². The summed E-state index contributed by atoms with van der Waals surface area (Å²) in [6.45, 7) is 0.448. The molecule has 0 bridgehead atoms. The molecule has 0 unspecified atom stereocenters. The number of aromatic nitrogens is 1. The normalized spacial score (nSPS) is 9.56. The monoisotopic (exact) mass is 238 g/mol. The van der Waals surface area contributed by atoms with Crippen molar-refractivity contribution in [1.82, 2.24) is 10.3 Å². The lowest BCUT2D eigenvalue weighted by atomic mass is 10.4. The maximum Gasteiger partial charge on any atom is 0.265 e. The molecule has 1 heterocycles. The lowest BCUT2D eigenvalue weighted by Crippen LogP contribution is -2.24. The molecule has 6 heteroatoms. The molecule has 0 spiro atoms. The fraction of sp³-hybridized carbons (Fsp3) is 0.400. The number of nitrogens with one attached hydrogen (secondary N) is 1. The van der Waals surface area contributed by atoms with Crippen molar-refractivity contribution in [1.29, 1.82) is 0 Å². The van der Waals surface area contributed by atoms with Crippen LogP contribution in [0.5, 0.6) is 0 Å². The van der Waals surface area contributed by atoms with Crippen LogP contribution in [-0.2, 0) is 0 Å². The fourth-order valence-corrected chi connectivity index (χ4v) is 1.83. The van der Waals surface area contributed by atoms with Gasteiger partial charge in [0.1, 0.15) is 10.7 Å². The molecule has 0 aliphatic carbocycles. The average molecular weight is 238 g/mol. The van der Waals surface area contributed by atoms with Crippen LogP contribution >= 0.6 is 11.3 Å². The minimum Gasteiger partial charge on any atom is -0.382 e. The minimum absolute atomic E-state index is 0.224. The predicted octanol–water partition coefficient (Wildman–Crippen LogP) is 0.544. The first-order valence-electron chi connectivity index (χ1n) is 4.71. The molecule has 0 radical (unpaired) electrons. The van der Waals surface area contributed by atoms with Gasteiger partial charge in [-0.05, 0) is 0 Å². The number of terminal acetylenes is 1. The third-order valence-electron chi connectivity index (χ3n) is 1.79. The standard InChI is InChI=1S/C10H14N4OS/c1-4-5-6-12-9(15)7-8(11)13-10(16-7)14(2)3/h1H,5-6,11H2,2-3H3,(H,12,15). The third kappa shape index (κ3) is 2.87. The van der Waals surface area contributed by atoms with Crippen molar-refractivity contribution in [3.63, 3.8) is 0 Å². The Morgan fingerprint density at radius 1 is 1.69 bits per heavy atom. The number of nitrogen functional groups attached to an aromatic ring is 1. The van der Waals surface area contributed by atoms with E-state index in [0.29, 0.717) is 23.0 Å². The fourth-order valence-electron chi connectivity index (χ4n) is 1.00. The summed E-state index contributed by atoms with van der Waals surface area (Å²) < 4.78 is 0. The third-order valence-corrected chi connectivity index (χ3v) is 3.02. The van der Waals surface area contributed by atoms with Crippen LogP contribution in [0.4, 0.5) is 10.9 Å². The Balaban J connectivity index is 2.72. The van der Waals surface area contributed by atoms with Crippen LogP contribution in [0.1, 0.15) is 16.1 Å². The van der Waals surface area contributed by atoms with E-state index in [-0.39, 0.29) is 11.7 Å². The van der Waals surface area contributed by atoms with E-state index < -0.39 is 0 Å². The van der Waals surface area contributed by atoms with Crippen molar-refractivity contribution in [3.05, 3.63) is 4.88 Å². The van der Waals surface area contributed by atoms with Crippen LogP contribution in [0, 0.1) is 12.3 Å². The molecule has 16 heavy (non-hydrogen) atoms. The maximum absolute atomic E-state index is 11.7. The van der Waals surface area contributed by atoms with Crippen LogP contribution in [0.25, 0.3) is 0 Å². The Hall–Kier alpha value is -1.74. The van der Waals surface area contributed by atoms with Gasteiger partial charge < -0.3 is 16.0 Å². The largest absolute Gasteiger partial charge is 0.382 e. The molecule has 0 aliphatic rings. The summed E-state index contributed by atoms with van der Waals surface area (Å²) in [6, 6.07) is 0. The SMILES string of the molecule is C#CCCNC(=O)c1sc(N(C)C)nc1N. The second-order valence-electron chi connectivity index (χ2n) is 3.32. The Labute approximate surface area is 98.7 Å². The highest BCUT2D eigenvalue weighted by Crippen LogP contribution is 2.26. The number of carbonyl (C=O) groups excluding carboxylic acids is 1. The Morgan fingerprint density at radius 3 is 2.88 bits per heavy atom. The molecule has 5 nitrogen and oxygen atoms in total. The van der Waals surface area contributed by atoms with Gasteiger partial charge in [0, 0.05) is 27.1 Å². The van der Waals surface area contributed by atoms with Gasteiger partial charge in [-0.1, -0.05) is 11.3 Å². The lowest BCUT2D eigenvalue weighted by Gasteiger charge is -2.04. The van der Waals surface area contributed by atoms with Gasteiger partial charge in [0.15, 0.2) is 5.13 Å². The molecule has 3 N–H and O–H groups in total. The molecule has 0 saturated heterocycles. The van der Waals surface area contributed by atoms with E-state index in [2.05, 4.69) is 16.2 Å². The second-order valence-corrected chi connectivity index (χ2v) is 4.29. The van der Waals surface area contributed by atoms with E-state index in [9.17, 15) is 4.79 Å². The first kappa shape index (κ1) is 12.3. The van der Waals surface area contributed by atoms with Gasteiger partial charge >= 0.3 is 0 Å². The average Bonchev–Trinajstić information content (AvgIpc) is 2.61. The van der Waals surface area contributed by atoms with Crippen LogP contribution in [0.3, 0.4) is 0 Å². The zero-order valence-electron chi connectivity index (χ0n) is 9.28.